The Kier molecular flexibility index (Phi) is 4.41. The van der Waals surface area contributed by atoms with E-state index < -0.39 is 20.6 Å². The van der Waals surface area contributed by atoms with Crippen molar-refractivity contribution in [1.82, 2.24) is 4.31 Å². The van der Waals surface area contributed by atoms with Crippen LogP contribution in [0.1, 0.15) is 6.42 Å². The molecule has 1 aliphatic heterocycles. The van der Waals surface area contributed by atoms with E-state index >= 15 is 0 Å². The van der Waals surface area contributed by atoms with Crippen molar-refractivity contribution in [2.75, 3.05) is 13.1 Å². The second kappa shape index (κ2) is 5.93. The summed E-state index contributed by atoms with van der Waals surface area (Å²) < 4.78 is 26.6. The highest BCUT2D eigenvalue weighted by molar-refractivity contribution is 9.10. The molecule has 1 heterocycles. The molecule has 0 bridgehead atoms. The number of halogens is 1. The zero-order valence-electron chi connectivity index (χ0n) is 10.7. The number of nitro groups is 1. The van der Waals surface area contributed by atoms with Gasteiger partial charge in [0.2, 0.25) is 10.0 Å². The van der Waals surface area contributed by atoms with Gasteiger partial charge in [-0.3, -0.25) is 10.1 Å². The third-order valence-corrected chi connectivity index (χ3v) is 5.46. The van der Waals surface area contributed by atoms with Crippen LogP contribution in [0.4, 0.5) is 5.69 Å². The molecule has 0 amide bonds. The summed E-state index contributed by atoms with van der Waals surface area (Å²) in [5.74, 6) is 0. The lowest BCUT2D eigenvalue weighted by Gasteiger charge is -2.23. The third-order valence-electron chi connectivity index (χ3n) is 3.05. The molecular weight excluding hydrogens is 362 g/mol. The van der Waals surface area contributed by atoms with Crippen LogP contribution in [0.2, 0.25) is 0 Å². The smallest absolute Gasteiger partial charge is 0.258 e. The Balaban J connectivity index is 2.44. The lowest BCUT2D eigenvalue weighted by molar-refractivity contribution is -0.387. The fourth-order valence-corrected chi connectivity index (χ4v) is 3.83. The summed E-state index contributed by atoms with van der Waals surface area (Å²) in [4.78, 5) is 9.98. The molecule has 0 fully saturated rings. The van der Waals surface area contributed by atoms with Crippen molar-refractivity contribution < 1.29 is 13.3 Å². The van der Waals surface area contributed by atoms with E-state index in [0.29, 0.717) is 16.5 Å². The second-order valence-electron chi connectivity index (χ2n) is 4.32. The Morgan fingerprint density at radius 3 is 2.67 bits per heavy atom. The molecule has 0 aromatic heterocycles. The summed E-state index contributed by atoms with van der Waals surface area (Å²) >= 11 is 3.09. The average molecular weight is 372 g/mol. The van der Waals surface area contributed by atoms with Gasteiger partial charge in [-0.1, -0.05) is 22.0 Å². The van der Waals surface area contributed by atoms with Gasteiger partial charge in [0.05, 0.1) is 11.0 Å². The van der Waals surface area contributed by atoms with Crippen LogP contribution in [0, 0.1) is 21.4 Å². The van der Waals surface area contributed by atoms with Crippen molar-refractivity contribution in [2.24, 2.45) is 0 Å². The van der Waals surface area contributed by atoms with Gasteiger partial charge >= 0.3 is 0 Å². The molecule has 21 heavy (non-hydrogen) atoms. The summed E-state index contributed by atoms with van der Waals surface area (Å²) in [5.41, 5.74) is 0.0474. The van der Waals surface area contributed by atoms with E-state index in [1.807, 2.05) is 6.07 Å². The number of sulfonamides is 1. The Labute approximate surface area is 129 Å². The molecule has 0 saturated heterocycles. The zero-order chi connectivity index (χ0) is 15.6. The lowest BCUT2D eigenvalue weighted by Crippen LogP contribution is -2.35. The Hall–Kier alpha value is -1.76. The van der Waals surface area contributed by atoms with Crippen LogP contribution in [0.5, 0.6) is 0 Å². The summed E-state index contributed by atoms with van der Waals surface area (Å²) in [6.45, 7) is 0.174. The first-order valence-electron chi connectivity index (χ1n) is 5.89. The monoisotopic (exact) mass is 371 g/mol. The highest BCUT2D eigenvalue weighted by Crippen LogP contribution is 2.30. The van der Waals surface area contributed by atoms with E-state index in [9.17, 15) is 18.5 Å². The fraction of sp³-hybridized carbons (Fsp3) is 0.250. The normalized spacial score (nSPS) is 16.1. The highest BCUT2D eigenvalue weighted by atomic mass is 79.9. The van der Waals surface area contributed by atoms with Gasteiger partial charge in [0.25, 0.3) is 5.69 Å². The number of rotatable bonds is 3. The minimum Gasteiger partial charge on any atom is -0.258 e. The van der Waals surface area contributed by atoms with Gasteiger partial charge < -0.3 is 0 Å². The van der Waals surface area contributed by atoms with Crippen molar-refractivity contribution in [3.63, 3.8) is 0 Å². The number of nitrogens with zero attached hydrogens (tertiary/aromatic N) is 3. The van der Waals surface area contributed by atoms with Crippen molar-refractivity contribution in [1.29, 1.82) is 5.26 Å². The average Bonchev–Trinajstić information content (AvgIpc) is 2.47. The second-order valence-corrected chi connectivity index (χ2v) is 7.15. The number of hydrogen-bond acceptors (Lipinski definition) is 5. The number of hydrogen-bond donors (Lipinski definition) is 0. The van der Waals surface area contributed by atoms with Crippen LogP contribution in [0.3, 0.4) is 0 Å². The van der Waals surface area contributed by atoms with Crippen molar-refractivity contribution in [3.05, 3.63) is 44.4 Å². The van der Waals surface area contributed by atoms with Crippen molar-refractivity contribution in [2.45, 2.75) is 11.3 Å². The quantitative estimate of drug-likeness (QED) is 0.598. The predicted octanol–water partition coefficient (Wildman–Crippen LogP) is 2.20. The van der Waals surface area contributed by atoms with Crippen LogP contribution in [-0.4, -0.2) is 30.7 Å². The topological polar surface area (TPSA) is 104 Å². The zero-order valence-corrected chi connectivity index (χ0v) is 13.1. The lowest BCUT2D eigenvalue weighted by atomic mass is 10.1. The highest BCUT2D eigenvalue weighted by Gasteiger charge is 2.32. The maximum absolute atomic E-state index is 12.5. The Morgan fingerprint density at radius 1 is 1.43 bits per heavy atom. The maximum atomic E-state index is 12.5. The minimum absolute atomic E-state index is 0.0401. The number of benzene rings is 1. The van der Waals surface area contributed by atoms with E-state index in [4.69, 9.17) is 5.26 Å². The van der Waals surface area contributed by atoms with Crippen molar-refractivity contribution >= 4 is 31.6 Å². The van der Waals surface area contributed by atoms with Gasteiger partial charge in [-0.05, 0) is 18.6 Å². The van der Waals surface area contributed by atoms with Crippen LogP contribution < -0.4 is 0 Å². The summed E-state index contributed by atoms with van der Waals surface area (Å²) in [5, 5.41) is 19.8. The molecule has 7 nitrogen and oxygen atoms in total. The van der Waals surface area contributed by atoms with E-state index in [-0.39, 0.29) is 18.0 Å². The Morgan fingerprint density at radius 2 is 2.14 bits per heavy atom. The summed E-state index contributed by atoms with van der Waals surface area (Å²) in [6, 6.07) is 5.79. The molecule has 0 aliphatic carbocycles. The van der Waals surface area contributed by atoms with Crippen molar-refractivity contribution in [3.8, 4) is 6.07 Å². The maximum Gasteiger partial charge on any atom is 0.290 e. The van der Waals surface area contributed by atoms with E-state index in [1.165, 1.54) is 18.2 Å². The molecule has 0 unspecified atom stereocenters. The molecule has 1 aromatic carbocycles. The molecule has 0 radical (unpaired) electrons. The molecule has 0 atom stereocenters. The fourth-order valence-electron chi connectivity index (χ4n) is 1.96. The molecule has 1 aromatic rings. The third kappa shape index (κ3) is 3.12. The molecule has 2 rings (SSSR count). The van der Waals surface area contributed by atoms with Crippen LogP contribution in [-0.2, 0) is 10.0 Å². The first-order valence-corrected chi connectivity index (χ1v) is 8.13. The van der Waals surface area contributed by atoms with Gasteiger partial charge in [-0.2, -0.15) is 9.57 Å². The molecule has 0 saturated carbocycles. The first-order chi connectivity index (χ1) is 9.86. The summed E-state index contributed by atoms with van der Waals surface area (Å²) in [6.07, 6.45) is 1.83. The molecule has 0 spiro atoms. The van der Waals surface area contributed by atoms with E-state index in [2.05, 4.69) is 15.9 Å². The number of nitriles is 1. The molecule has 1 aliphatic rings. The van der Waals surface area contributed by atoms with E-state index in [0.717, 1.165) is 10.4 Å². The van der Waals surface area contributed by atoms with Gasteiger partial charge in [0.15, 0.2) is 4.90 Å². The van der Waals surface area contributed by atoms with E-state index in [1.54, 1.807) is 0 Å². The van der Waals surface area contributed by atoms with Gasteiger partial charge in [-0.25, -0.2) is 8.42 Å². The van der Waals surface area contributed by atoms with Crippen LogP contribution >= 0.6 is 15.9 Å². The summed E-state index contributed by atoms with van der Waals surface area (Å²) in [7, 11) is -3.97. The minimum atomic E-state index is -3.97. The van der Waals surface area contributed by atoms with Gasteiger partial charge in [0, 0.05) is 29.2 Å². The largest absolute Gasteiger partial charge is 0.290 e. The standard InChI is InChI=1S/C12H10BrN3O4S/c13-10-1-2-12(11(7-10)16(17)18)21(19,20)15-5-3-9(8-14)4-6-15/h1-3,7H,4-6H2. The van der Waals surface area contributed by atoms with Gasteiger partial charge in [0.1, 0.15) is 0 Å². The van der Waals surface area contributed by atoms with Crippen LogP contribution in [0.25, 0.3) is 0 Å². The van der Waals surface area contributed by atoms with Gasteiger partial charge in [-0.15, -0.1) is 0 Å². The predicted molar refractivity (Wildman–Crippen MR) is 77.9 cm³/mol. The molecule has 0 N–H and O–H groups in total. The SMILES string of the molecule is N#CC1=CCN(S(=O)(=O)c2ccc(Br)cc2[N+](=O)[O-])CC1. The molecule has 9 heteroatoms. The number of nitro benzene ring substituents is 1. The molecular formula is C12H10BrN3O4S. The molecule has 110 valence electrons. The first kappa shape index (κ1) is 15.6. The van der Waals surface area contributed by atoms with Crippen LogP contribution in [0.15, 0.2) is 39.2 Å². The Bertz CT molecular complexity index is 767.